The maximum atomic E-state index is 11.5. The maximum absolute atomic E-state index is 11.5. The Bertz CT molecular complexity index is 351. The SMILES string of the molecule is C#CCN(C)C(=O)c1cc(N)cs1. The Morgan fingerprint density at radius 2 is 2.54 bits per heavy atom. The van der Waals surface area contributed by atoms with E-state index in [1.807, 2.05) is 0 Å². The van der Waals surface area contributed by atoms with Gasteiger partial charge in [0.1, 0.15) is 0 Å². The van der Waals surface area contributed by atoms with E-state index in [0.717, 1.165) is 0 Å². The molecular formula is C9H10N2OS. The molecular weight excluding hydrogens is 184 g/mol. The molecule has 1 heterocycles. The van der Waals surface area contributed by atoms with Gasteiger partial charge < -0.3 is 10.6 Å². The Hall–Kier alpha value is -1.47. The van der Waals surface area contributed by atoms with Crippen molar-refractivity contribution >= 4 is 22.9 Å². The van der Waals surface area contributed by atoms with Crippen LogP contribution < -0.4 is 5.73 Å². The third-order valence-corrected chi connectivity index (χ3v) is 2.44. The second-order valence-electron chi connectivity index (χ2n) is 2.61. The second kappa shape index (κ2) is 3.97. The first kappa shape index (κ1) is 9.62. The molecule has 0 aliphatic rings. The maximum Gasteiger partial charge on any atom is 0.264 e. The minimum Gasteiger partial charge on any atom is -0.398 e. The molecule has 13 heavy (non-hydrogen) atoms. The van der Waals surface area contributed by atoms with Gasteiger partial charge in [0, 0.05) is 18.1 Å². The van der Waals surface area contributed by atoms with Crippen LogP contribution in [-0.2, 0) is 0 Å². The Morgan fingerprint density at radius 1 is 1.85 bits per heavy atom. The summed E-state index contributed by atoms with van der Waals surface area (Å²) in [6.45, 7) is 0.316. The van der Waals surface area contributed by atoms with Gasteiger partial charge in [0.25, 0.3) is 5.91 Å². The average Bonchev–Trinajstić information content (AvgIpc) is 2.51. The lowest BCUT2D eigenvalue weighted by molar-refractivity contribution is 0.0817. The van der Waals surface area contributed by atoms with Crippen LogP contribution >= 0.6 is 11.3 Å². The number of carbonyl (C=O) groups excluding carboxylic acids is 1. The zero-order chi connectivity index (χ0) is 9.84. The van der Waals surface area contributed by atoms with E-state index in [0.29, 0.717) is 17.1 Å². The van der Waals surface area contributed by atoms with E-state index in [1.54, 1.807) is 18.5 Å². The van der Waals surface area contributed by atoms with Crippen LogP contribution in [0.2, 0.25) is 0 Å². The lowest BCUT2D eigenvalue weighted by Crippen LogP contribution is -2.26. The summed E-state index contributed by atoms with van der Waals surface area (Å²) in [5.74, 6) is 2.32. The molecule has 0 saturated carbocycles. The summed E-state index contributed by atoms with van der Waals surface area (Å²) >= 11 is 1.33. The molecule has 0 fully saturated rings. The number of anilines is 1. The third kappa shape index (κ3) is 2.23. The minimum absolute atomic E-state index is 0.0837. The highest BCUT2D eigenvalue weighted by atomic mass is 32.1. The quantitative estimate of drug-likeness (QED) is 0.715. The van der Waals surface area contributed by atoms with Crippen LogP contribution in [0.5, 0.6) is 0 Å². The summed E-state index contributed by atoms with van der Waals surface area (Å²) in [5, 5.41) is 1.73. The Kier molecular flexibility index (Phi) is 2.93. The van der Waals surface area contributed by atoms with Crippen molar-refractivity contribution < 1.29 is 4.79 Å². The van der Waals surface area contributed by atoms with Gasteiger partial charge in [-0.25, -0.2) is 0 Å². The van der Waals surface area contributed by atoms with Gasteiger partial charge in [-0.1, -0.05) is 5.92 Å². The minimum atomic E-state index is -0.0837. The molecule has 0 aliphatic carbocycles. The lowest BCUT2D eigenvalue weighted by Gasteiger charge is -2.11. The lowest BCUT2D eigenvalue weighted by atomic mass is 10.4. The van der Waals surface area contributed by atoms with Gasteiger partial charge in [0.2, 0.25) is 0 Å². The molecule has 68 valence electrons. The molecule has 0 aromatic carbocycles. The number of nitrogen functional groups attached to an aromatic ring is 1. The number of nitrogens with zero attached hydrogens (tertiary/aromatic N) is 1. The van der Waals surface area contributed by atoms with Crippen molar-refractivity contribution in [2.45, 2.75) is 0 Å². The van der Waals surface area contributed by atoms with E-state index in [9.17, 15) is 4.79 Å². The summed E-state index contributed by atoms with van der Waals surface area (Å²) in [6.07, 6.45) is 5.09. The number of rotatable bonds is 2. The number of terminal acetylenes is 1. The number of nitrogens with two attached hydrogens (primary N) is 1. The van der Waals surface area contributed by atoms with Gasteiger partial charge in [-0.3, -0.25) is 4.79 Å². The zero-order valence-electron chi connectivity index (χ0n) is 7.28. The molecule has 3 nitrogen and oxygen atoms in total. The number of thiophene rings is 1. The number of hydrogen-bond donors (Lipinski definition) is 1. The molecule has 0 radical (unpaired) electrons. The molecule has 1 aromatic rings. The predicted molar refractivity (Wildman–Crippen MR) is 54.5 cm³/mol. The van der Waals surface area contributed by atoms with E-state index in [4.69, 9.17) is 12.2 Å². The van der Waals surface area contributed by atoms with E-state index in [2.05, 4.69) is 5.92 Å². The summed E-state index contributed by atoms with van der Waals surface area (Å²) in [7, 11) is 1.66. The first-order valence-corrected chi connectivity index (χ1v) is 4.56. The van der Waals surface area contributed by atoms with Crippen LogP contribution in [0.3, 0.4) is 0 Å². The highest BCUT2D eigenvalue weighted by molar-refractivity contribution is 7.12. The first-order chi connectivity index (χ1) is 6.15. The van der Waals surface area contributed by atoms with Crippen LogP contribution in [-0.4, -0.2) is 24.4 Å². The summed E-state index contributed by atoms with van der Waals surface area (Å²) in [4.78, 5) is 13.6. The molecule has 0 saturated heterocycles. The van der Waals surface area contributed by atoms with Gasteiger partial charge in [-0.05, 0) is 6.07 Å². The highest BCUT2D eigenvalue weighted by Gasteiger charge is 2.11. The van der Waals surface area contributed by atoms with Crippen molar-refractivity contribution in [2.24, 2.45) is 0 Å². The van der Waals surface area contributed by atoms with E-state index < -0.39 is 0 Å². The van der Waals surface area contributed by atoms with Crippen molar-refractivity contribution in [1.82, 2.24) is 4.90 Å². The monoisotopic (exact) mass is 194 g/mol. The molecule has 0 unspecified atom stereocenters. The van der Waals surface area contributed by atoms with Crippen molar-refractivity contribution in [2.75, 3.05) is 19.3 Å². The molecule has 0 bridgehead atoms. The van der Waals surface area contributed by atoms with Crippen molar-refractivity contribution in [3.63, 3.8) is 0 Å². The fourth-order valence-corrected chi connectivity index (χ4v) is 1.65. The van der Waals surface area contributed by atoms with Gasteiger partial charge in [0.15, 0.2) is 0 Å². The van der Waals surface area contributed by atoms with Crippen molar-refractivity contribution in [3.8, 4) is 12.3 Å². The normalized spacial score (nSPS) is 9.23. The van der Waals surface area contributed by atoms with Crippen molar-refractivity contribution in [3.05, 3.63) is 16.3 Å². The van der Waals surface area contributed by atoms with E-state index >= 15 is 0 Å². The first-order valence-electron chi connectivity index (χ1n) is 3.68. The fourth-order valence-electron chi connectivity index (χ4n) is 0.860. The summed E-state index contributed by atoms with van der Waals surface area (Å²) < 4.78 is 0. The summed E-state index contributed by atoms with van der Waals surface area (Å²) in [5.41, 5.74) is 6.10. The van der Waals surface area contributed by atoms with Crippen LogP contribution in [0.25, 0.3) is 0 Å². The van der Waals surface area contributed by atoms with E-state index in [1.165, 1.54) is 16.2 Å². The molecule has 1 rings (SSSR count). The van der Waals surface area contributed by atoms with Crippen molar-refractivity contribution in [1.29, 1.82) is 0 Å². The number of hydrogen-bond acceptors (Lipinski definition) is 3. The van der Waals surface area contributed by atoms with Crippen LogP contribution in [0.15, 0.2) is 11.4 Å². The van der Waals surface area contributed by atoms with Gasteiger partial charge >= 0.3 is 0 Å². The molecule has 0 spiro atoms. The molecule has 0 atom stereocenters. The largest absolute Gasteiger partial charge is 0.398 e. The van der Waals surface area contributed by atoms with Crippen LogP contribution in [0.4, 0.5) is 5.69 Å². The molecule has 1 aromatic heterocycles. The second-order valence-corrected chi connectivity index (χ2v) is 3.52. The molecule has 2 N–H and O–H groups in total. The van der Waals surface area contributed by atoms with Gasteiger partial charge in [-0.2, -0.15) is 0 Å². The zero-order valence-corrected chi connectivity index (χ0v) is 8.10. The number of amides is 1. The predicted octanol–water partition coefficient (Wildman–Crippen LogP) is 1.04. The average molecular weight is 194 g/mol. The van der Waals surface area contributed by atoms with Crippen LogP contribution in [0, 0.1) is 12.3 Å². The Labute approximate surface area is 81.2 Å². The smallest absolute Gasteiger partial charge is 0.264 e. The van der Waals surface area contributed by atoms with E-state index in [-0.39, 0.29) is 5.91 Å². The summed E-state index contributed by atoms with van der Waals surface area (Å²) in [6, 6.07) is 1.65. The van der Waals surface area contributed by atoms with Gasteiger partial charge in [0.05, 0.1) is 11.4 Å². The Morgan fingerprint density at radius 3 is 3.00 bits per heavy atom. The van der Waals surface area contributed by atoms with Gasteiger partial charge in [-0.15, -0.1) is 17.8 Å². The Balaban J connectivity index is 2.74. The molecule has 0 aliphatic heterocycles. The number of carbonyl (C=O) groups is 1. The fraction of sp³-hybridized carbons (Fsp3) is 0.222. The molecule has 4 heteroatoms. The topological polar surface area (TPSA) is 46.3 Å². The van der Waals surface area contributed by atoms with Crippen LogP contribution in [0.1, 0.15) is 9.67 Å². The molecule has 1 amide bonds. The third-order valence-electron chi connectivity index (χ3n) is 1.51. The standard InChI is InChI=1S/C9H10N2OS/c1-3-4-11(2)9(12)8-5-7(10)6-13-8/h1,5-6H,4,10H2,2H3. The highest BCUT2D eigenvalue weighted by Crippen LogP contribution is 2.17.